The Morgan fingerprint density at radius 1 is 0.938 bits per heavy atom. The van der Waals surface area contributed by atoms with Crippen LogP contribution < -0.4 is 15.4 Å². The van der Waals surface area contributed by atoms with E-state index in [-0.39, 0.29) is 11.8 Å². The van der Waals surface area contributed by atoms with Gasteiger partial charge in [-0.25, -0.2) is 0 Å². The van der Waals surface area contributed by atoms with E-state index in [0.29, 0.717) is 23.5 Å². The third-order valence-corrected chi connectivity index (χ3v) is 4.64. The van der Waals surface area contributed by atoms with E-state index in [1.807, 2.05) is 43.3 Å². The van der Waals surface area contributed by atoms with Crippen LogP contribution in [0.2, 0.25) is 0 Å². The number of carbonyl (C=O) groups is 3. The quantitative estimate of drug-likeness (QED) is 0.330. The number of amides is 2. The molecule has 0 aliphatic carbocycles. The molecular formula is C26H24N2O4. The lowest BCUT2D eigenvalue weighted by molar-refractivity contribution is -0.131. The molecule has 0 aliphatic rings. The second kappa shape index (κ2) is 10.7. The van der Waals surface area contributed by atoms with Gasteiger partial charge in [-0.15, -0.1) is 0 Å². The Balaban J connectivity index is 1.52. The standard InChI is InChI=1S/C26H24N2O4/c1-18-6-3-4-7-21(18)12-15-25(30)27-17-20-10-13-23(14-11-20)28-26(31)22-8-5-9-24(16-22)32-19(2)29/h3-16H,17H2,1-2H3,(H,27,30)(H,28,31)/b15-12+. The number of aryl methyl sites for hydroxylation is 1. The minimum absolute atomic E-state index is 0.182. The van der Waals surface area contributed by atoms with Gasteiger partial charge in [0.25, 0.3) is 5.91 Å². The Morgan fingerprint density at radius 3 is 2.41 bits per heavy atom. The van der Waals surface area contributed by atoms with Crippen LogP contribution in [0, 0.1) is 6.92 Å². The van der Waals surface area contributed by atoms with Crippen molar-refractivity contribution in [2.45, 2.75) is 20.4 Å². The Bertz CT molecular complexity index is 1150. The molecule has 0 radical (unpaired) electrons. The molecule has 3 aromatic carbocycles. The van der Waals surface area contributed by atoms with E-state index in [9.17, 15) is 14.4 Å². The number of esters is 1. The number of rotatable bonds is 7. The van der Waals surface area contributed by atoms with Crippen molar-refractivity contribution in [3.05, 3.63) is 101 Å². The molecule has 0 spiro atoms. The zero-order valence-corrected chi connectivity index (χ0v) is 17.9. The number of anilines is 1. The van der Waals surface area contributed by atoms with Crippen LogP contribution in [0.4, 0.5) is 5.69 Å². The number of hydrogen-bond donors (Lipinski definition) is 2. The van der Waals surface area contributed by atoms with Crippen molar-refractivity contribution in [1.29, 1.82) is 0 Å². The Kier molecular flexibility index (Phi) is 7.54. The summed E-state index contributed by atoms with van der Waals surface area (Å²) in [5.41, 5.74) is 3.99. The molecule has 0 bridgehead atoms. The van der Waals surface area contributed by atoms with Gasteiger partial charge in [0.2, 0.25) is 5.91 Å². The minimum atomic E-state index is -0.448. The van der Waals surface area contributed by atoms with Gasteiger partial charge in [0, 0.05) is 30.8 Å². The van der Waals surface area contributed by atoms with Crippen LogP contribution in [0.1, 0.15) is 34.0 Å². The van der Waals surface area contributed by atoms with E-state index < -0.39 is 5.97 Å². The first kappa shape index (κ1) is 22.5. The monoisotopic (exact) mass is 428 g/mol. The summed E-state index contributed by atoms with van der Waals surface area (Å²) in [4.78, 5) is 35.6. The van der Waals surface area contributed by atoms with Crippen LogP contribution in [-0.4, -0.2) is 17.8 Å². The minimum Gasteiger partial charge on any atom is -0.427 e. The molecule has 0 fully saturated rings. The highest BCUT2D eigenvalue weighted by Gasteiger charge is 2.08. The summed E-state index contributed by atoms with van der Waals surface area (Å²) in [6.07, 6.45) is 3.31. The van der Waals surface area contributed by atoms with Crippen LogP contribution in [0.25, 0.3) is 6.08 Å². The van der Waals surface area contributed by atoms with Crippen molar-refractivity contribution in [1.82, 2.24) is 5.32 Å². The highest BCUT2D eigenvalue weighted by atomic mass is 16.5. The average molecular weight is 428 g/mol. The summed E-state index contributed by atoms with van der Waals surface area (Å²) in [5, 5.41) is 5.64. The molecule has 0 aliphatic heterocycles. The van der Waals surface area contributed by atoms with Crippen LogP contribution >= 0.6 is 0 Å². The van der Waals surface area contributed by atoms with Gasteiger partial charge in [0.15, 0.2) is 0 Å². The molecule has 0 heterocycles. The maximum atomic E-state index is 12.4. The Morgan fingerprint density at radius 2 is 1.69 bits per heavy atom. The Hall–Kier alpha value is -4.19. The molecule has 0 atom stereocenters. The van der Waals surface area contributed by atoms with Gasteiger partial charge >= 0.3 is 5.97 Å². The fourth-order valence-corrected chi connectivity index (χ4v) is 2.96. The predicted molar refractivity (Wildman–Crippen MR) is 124 cm³/mol. The fraction of sp³-hybridized carbons (Fsp3) is 0.115. The largest absolute Gasteiger partial charge is 0.427 e. The van der Waals surface area contributed by atoms with Crippen molar-refractivity contribution in [2.75, 3.05) is 5.32 Å². The smallest absolute Gasteiger partial charge is 0.308 e. The van der Waals surface area contributed by atoms with Crippen molar-refractivity contribution >= 4 is 29.5 Å². The first-order chi connectivity index (χ1) is 15.4. The zero-order chi connectivity index (χ0) is 22.9. The van der Waals surface area contributed by atoms with Gasteiger partial charge in [0.05, 0.1) is 0 Å². The highest BCUT2D eigenvalue weighted by Crippen LogP contribution is 2.16. The predicted octanol–water partition coefficient (Wildman–Crippen LogP) is 4.50. The molecule has 6 nitrogen and oxygen atoms in total. The topological polar surface area (TPSA) is 84.5 Å². The molecule has 2 N–H and O–H groups in total. The van der Waals surface area contributed by atoms with Gasteiger partial charge in [-0.1, -0.05) is 42.5 Å². The van der Waals surface area contributed by atoms with Crippen molar-refractivity contribution in [2.24, 2.45) is 0 Å². The number of hydrogen-bond acceptors (Lipinski definition) is 4. The summed E-state index contributed by atoms with van der Waals surface area (Å²) in [6, 6.07) is 21.4. The van der Waals surface area contributed by atoms with Gasteiger partial charge in [-0.3, -0.25) is 14.4 Å². The van der Waals surface area contributed by atoms with Crippen LogP contribution in [0.3, 0.4) is 0 Å². The van der Waals surface area contributed by atoms with E-state index in [1.54, 1.807) is 36.4 Å². The van der Waals surface area contributed by atoms with Gasteiger partial charge in [-0.2, -0.15) is 0 Å². The normalized spacial score (nSPS) is 10.6. The van der Waals surface area contributed by atoms with Crippen LogP contribution in [-0.2, 0) is 16.1 Å². The maximum Gasteiger partial charge on any atom is 0.308 e. The lowest BCUT2D eigenvalue weighted by Gasteiger charge is -2.08. The number of nitrogens with one attached hydrogen (secondary N) is 2. The maximum absolute atomic E-state index is 12.4. The SMILES string of the molecule is CC(=O)Oc1cccc(C(=O)Nc2ccc(CNC(=O)/C=C/c3ccccc3C)cc2)c1. The number of benzene rings is 3. The molecule has 0 saturated heterocycles. The molecule has 32 heavy (non-hydrogen) atoms. The number of ether oxygens (including phenoxy) is 1. The molecule has 0 aromatic heterocycles. The van der Waals surface area contributed by atoms with E-state index in [0.717, 1.165) is 16.7 Å². The zero-order valence-electron chi connectivity index (χ0n) is 17.9. The summed E-state index contributed by atoms with van der Waals surface area (Å²) >= 11 is 0. The fourth-order valence-electron chi connectivity index (χ4n) is 2.96. The van der Waals surface area contributed by atoms with E-state index in [2.05, 4.69) is 10.6 Å². The summed E-state index contributed by atoms with van der Waals surface area (Å²) in [7, 11) is 0. The average Bonchev–Trinajstić information content (AvgIpc) is 2.78. The molecule has 0 saturated carbocycles. The summed E-state index contributed by atoms with van der Waals surface area (Å²) < 4.78 is 5.01. The number of carbonyl (C=O) groups excluding carboxylic acids is 3. The molecule has 162 valence electrons. The summed E-state index contributed by atoms with van der Waals surface area (Å²) in [5.74, 6) is -0.636. The van der Waals surface area contributed by atoms with Crippen molar-refractivity contribution < 1.29 is 19.1 Å². The molecule has 3 aromatic rings. The molecule has 0 unspecified atom stereocenters. The van der Waals surface area contributed by atoms with E-state index in [1.165, 1.54) is 19.1 Å². The van der Waals surface area contributed by atoms with E-state index >= 15 is 0 Å². The van der Waals surface area contributed by atoms with Crippen molar-refractivity contribution in [3.63, 3.8) is 0 Å². The molecule has 3 rings (SSSR count). The lowest BCUT2D eigenvalue weighted by atomic mass is 10.1. The lowest BCUT2D eigenvalue weighted by Crippen LogP contribution is -2.20. The van der Waals surface area contributed by atoms with Gasteiger partial charge in [-0.05, 0) is 60.0 Å². The Labute approximate surface area is 186 Å². The van der Waals surface area contributed by atoms with Crippen LogP contribution in [0.5, 0.6) is 5.75 Å². The highest BCUT2D eigenvalue weighted by molar-refractivity contribution is 6.04. The molecular weight excluding hydrogens is 404 g/mol. The van der Waals surface area contributed by atoms with Gasteiger partial charge < -0.3 is 15.4 Å². The summed E-state index contributed by atoms with van der Waals surface area (Å²) in [6.45, 7) is 3.67. The third-order valence-electron chi connectivity index (χ3n) is 4.64. The van der Waals surface area contributed by atoms with Gasteiger partial charge in [0.1, 0.15) is 5.75 Å². The first-order valence-corrected chi connectivity index (χ1v) is 10.1. The van der Waals surface area contributed by atoms with Crippen molar-refractivity contribution in [3.8, 4) is 5.75 Å². The van der Waals surface area contributed by atoms with E-state index in [4.69, 9.17) is 4.74 Å². The molecule has 6 heteroatoms. The second-order valence-corrected chi connectivity index (χ2v) is 7.18. The van der Waals surface area contributed by atoms with Crippen LogP contribution in [0.15, 0.2) is 78.9 Å². The first-order valence-electron chi connectivity index (χ1n) is 10.1. The second-order valence-electron chi connectivity index (χ2n) is 7.18. The molecule has 2 amide bonds. The third kappa shape index (κ3) is 6.67.